The van der Waals surface area contributed by atoms with Crippen molar-refractivity contribution in [3.05, 3.63) is 153 Å². The molecular weight excluding hydrogens is 500 g/mol. The Morgan fingerprint density at radius 2 is 0.976 bits per heavy atom. The summed E-state index contributed by atoms with van der Waals surface area (Å²) in [4.78, 5) is 0. The predicted molar refractivity (Wildman–Crippen MR) is 169 cm³/mol. The van der Waals surface area contributed by atoms with Gasteiger partial charge in [-0.3, -0.25) is 0 Å². The van der Waals surface area contributed by atoms with Crippen molar-refractivity contribution in [3.63, 3.8) is 0 Å². The fourth-order valence-corrected chi connectivity index (χ4v) is 6.90. The third kappa shape index (κ3) is 4.08. The minimum absolute atomic E-state index is 0.00194. The Hall–Kier alpha value is -4.30. The van der Waals surface area contributed by atoms with Crippen molar-refractivity contribution in [3.8, 4) is 22.6 Å². The summed E-state index contributed by atoms with van der Waals surface area (Å²) in [6.45, 7) is 12.6. The van der Waals surface area contributed by atoms with Gasteiger partial charge in [-0.25, -0.2) is 0 Å². The van der Waals surface area contributed by atoms with E-state index in [0.29, 0.717) is 17.4 Å². The van der Waals surface area contributed by atoms with Gasteiger partial charge < -0.3 is 10.2 Å². The monoisotopic (exact) mass is 538 g/mol. The van der Waals surface area contributed by atoms with E-state index in [1.165, 1.54) is 33.4 Å². The lowest BCUT2D eigenvalue weighted by Gasteiger charge is -2.35. The topological polar surface area (TPSA) is 40.5 Å². The van der Waals surface area contributed by atoms with E-state index >= 15 is 0 Å². The zero-order valence-electron chi connectivity index (χ0n) is 24.8. The lowest BCUT2D eigenvalue weighted by Crippen LogP contribution is -2.29. The average Bonchev–Trinajstić information content (AvgIpc) is 3.28. The Labute approximate surface area is 244 Å². The molecule has 0 bridgehead atoms. The standard InChI is InChI=1S/C39H38O2/c1-23(2)28-15-17-29(18-16-28)27(6)34-22-31(21-26(5)38(34)41)39(30-19-24(3)37(40)25(4)20-30)35-13-9-7-11-32(35)33-12-8-10-14-36(33)39/h7-23,27,40-41H,1-6H3. The molecule has 0 saturated heterocycles. The van der Waals surface area contributed by atoms with Crippen molar-refractivity contribution in [2.24, 2.45) is 0 Å². The number of fused-ring (bicyclic) bond motifs is 3. The maximum atomic E-state index is 11.5. The van der Waals surface area contributed by atoms with Crippen molar-refractivity contribution in [1.29, 1.82) is 0 Å². The molecule has 5 aromatic carbocycles. The summed E-state index contributed by atoms with van der Waals surface area (Å²) in [5.74, 6) is 1.16. The molecule has 0 amide bonds. The summed E-state index contributed by atoms with van der Waals surface area (Å²) in [6, 6.07) is 34.8. The van der Waals surface area contributed by atoms with Gasteiger partial charge in [-0.15, -0.1) is 0 Å². The molecule has 0 spiro atoms. The molecule has 1 unspecified atom stereocenters. The number of phenols is 2. The van der Waals surface area contributed by atoms with E-state index in [-0.39, 0.29) is 5.92 Å². The van der Waals surface area contributed by atoms with Gasteiger partial charge >= 0.3 is 0 Å². The quantitative estimate of drug-likeness (QED) is 0.229. The first-order valence-corrected chi connectivity index (χ1v) is 14.6. The molecule has 0 radical (unpaired) electrons. The fourth-order valence-electron chi connectivity index (χ4n) is 6.90. The summed E-state index contributed by atoms with van der Waals surface area (Å²) in [5, 5.41) is 22.2. The average molecular weight is 539 g/mol. The normalized spacial score (nSPS) is 14.1. The second kappa shape index (κ2) is 9.96. The molecule has 0 fully saturated rings. The smallest absolute Gasteiger partial charge is 0.122 e. The van der Waals surface area contributed by atoms with Crippen LogP contribution in [0.3, 0.4) is 0 Å². The largest absolute Gasteiger partial charge is 0.507 e. The molecule has 206 valence electrons. The SMILES string of the molecule is Cc1cc(C2(c3cc(C)c(O)c(C(C)c4ccc(C(C)C)cc4)c3)c3ccccc3-c3ccccc32)cc(C)c1O. The molecule has 41 heavy (non-hydrogen) atoms. The molecule has 5 aromatic rings. The summed E-state index contributed by atoms with van der Waals surface area (Å²) < 4.78 is 0. The third-order valence-corrected chi connectivity index (χ3v) is 9.21. The van der Waals surface area contributed by atoms with Crippen molar-refractivity contribution in [2.45, 2.75) is 58.8 Å². The van der Waals surface area contributed by atoms with Gasteiger partial charge in [0.2, 0.25) is 0 Å². The number of hydrogen-bond donors (Lipinski definition) is 2. The number of aryl methyl sites for hydroxylation is 3. The molecule has 6 rings (SSSR count). The second-order valence-corrected chi connectivity index (χ2v) is 12.1. The fraction of sp³-hybridized carbons (Fsp3) is 0.231. The van der Waals surface area contributed by atoms with E-state index in [0.717, 1.165) is 33.4 Å². The van der Waals surface area contributed by atoms with Gasteiger partial charge in [-0.2, -0.15) is 0 Å². The van der Waals surface area contributed by atoms with Crippen LogP contribution in [0, 0.1) is 20.8 Å². The highest BCUT2D eigenvalue weighted by molar-refractivity contribution is 5.86. The molecule has 0 aliphatic heterocycles. The van der Waals surface area contributed by atoms with Crippen LogP contribution in [0.25, 0.3) is 11.1 Å². The zero-order chi connectivity index (χ0) is 29.1. The molecule has 2 nitrogen and oxygen atoms in total. The summed E-state index contributed by atoms with van der Waals surface area (Å²) in [6.07, 6.45) is 0. The molecule has 0 heterocycles. The second-order valence-electron chi connectivity index (χ2n) is 12.1. The van der Waals surface area contributed by atoms with Gasteiger partial charge in [0.1, 0.15) is 11.5 Å². The van der Waals surface area contributed by atoms with E-state index in [1.807, 2.05) is 20.8 Å². The van der Waals surface area contributed by atoms with Crippen molar-refractivity contribution in [2.75, 3.05) is 0 Å². The van der Waals surface area contributed by atoms with Gasteiger partial charge in [0, 0.05) is 11.5 Å². The van der Waals surface area contributed by atoms with Crippen molar-refractivity contribution < 1.29 is 10.2 Å². The van der Waals surface area contributed by atoms with Crippen LogP contribution in [0.1, 0.15) is 88.2 Å². The molecule has 2 heteroatoms. The molecule has 1 aliphatic carbocycles. The molecule has 0 aromatic heterocycles. The number of aromatic hydroxyl groups is 2. The molecule has 2 N–H and O–H groups in total. The first kappa shape index (κ1) is 26.9. The van der Waals surface area contributed by atoms with Gasteiger partial charge in [0.05, 0.1) is 5.41 Å². The van der Waals surface area contributed by atoms with Crippen LogP contribution in [0.5, 0.6) is 11.5 Å². The highest BCUT2D eigenvalue weighted by Gasteiger charge is 2.46. The maximum Gasteiger partial charge on any atom is 0.122 e. The molecule has 1 atom stereocenters. The molecule has 1 aliphatic rings. The Morgan fingerprint density at radius 3 is 1.49 bits per heavy atom. The first-order chi connectivity index (χ1) is 19.6. The highest BCUT2D eigenvalue weighted by Crippen LogP contribution is 2.57. The van der Waals surface area contributed by atoms with Gasteiger partial charge in [0.15, 0.2) is 0 Å². The van der Waals surface area contributed by atoms with Crippen LogP contribution in [0.4, 0.5) is 0 Å². The highest BCUT2D eigenvalue weighted by atomic mass is 16.3. The number of hydrogen-bond acceptors (Lipinski definition) is 2. The van der Waals surface area contributed by atoms with E-state index in [1.54, 1.807) is 0 Å². The minimum Gasteiger partial charge on any atom is -0.507 e. The van der Waals surface area contributed by atoms with E-state index in [2.05, 4.69) is 118 Å². The van der Waals surface area contributed by atoms with Crippen LogP contribution in [-0.4, -0.2) is 10.2 Å². The van der Waals surface area contributed by atoms with Crippen molar-refractivity contribution >= 4 is 0 Å². The number of phenolic OH excluding ortho intramolecular Hbond substituents is 2. The van der Waals surface area contributed by atoms with Crippen molar-refractivity contribution in [1.82, 2.24) is 0 Å². The van der Waals surface area contributed by atoms with Gasteiger partial charge in [-0.05, 0) is 94.0 Å². The van der Waals surface area contributed by atoms with Gasteiger partial charge in [-0.1, -0.05) is 112 Å². The van der Waals surface area contributed by atoms with E-state index in [4.69, 9.17) is 0 Å². The number of benzene rings is 5. The van der Waals surface area contributed by atoms with Crippen LogP contribution in [0.15, 0.2) is 97.1 Å². The third-order valence-electron chi connectivity index (χ3n) is 9.21. The lowest BCUT2D eigenvalue weighted by molar-refractivity contribution is 0.461. The van der Waals surface area contributed by atoms with E-state index in [9.17, 15) is 10.2 Å². The number of rotatable bonds is 5. The Balaban J connectivity index is 1.67. The molecule has 0 saturated carbocycles. The van der Waals surface area contributed by atoms with Gasteiger partial charge in [0.25, 0.3) is 0 Å². The summed E-state index contributed by atoms with van der Waals surface area (Å²) >= 11 is 0. The molecular formula is C39H38O2. The Morgan fingerprint density at radius 1 is 0.537 bits per heavy atom. The van der Waals surface area contributed by atoms with E-state index < -0.39 is 5.41 Å². The Bertz CT molecular complexity index is 1710. The van der Waals surface area contributed by atoms with Crippen LogP contribution in [0.2, 0.25) is 0 Å². The lowest BCUT2D eigenvalue weighted by atomic mass is 9.66. The summed E-state index contributed by atoms with van der Waals surface area (Å²) in [7, 11) is 0. The zero-order valence-corrected chi connectivity index (χ0v) is 24.8. The first-order valence-electron chi connectivity index (χ1n) is 14.6. The predicted octanol–water partition coefficient (Wildman–Crippen LogP) is 9.66. The van der Waals surface area contributed by atoms with Crippen LogP contribution in [-0.2, 0) is 5.41 Å². The van der Waals surface area contributed by atoms with Crippen LogP contribution < -0.4 is 0 Å². The van der Waals surface area contributed by atoms with Crippen LogP contribution >= 0.6 is 0 Å². The Kier molecular flexibility index (Phi) is 6.53. The summed E-state index contributed by atoms with van der Waals surface area (Å²) in [5.41, 5.74) is 12.5. The maximum absolute atomic E-state index is 11.5. The minimum atomic E-state index is -0.606.